The van der Waals surface area contributed by atoms with E-state index in [0.717, 1.165) is 45.1 Å². The fraction of sp³-hybridized carbons (Fsp3) is 0.929. The molecular weight excluding hydrogens is 212 g/mol. The fourth-order valence-electron chi connectivity index (χ4n) is 4.08. The van der Waals surface area contributed by atoms with Crippen LogP contribution >= 0.6 is 0 Å². The number of carbonyl (C=O) groups is 1. The molecule has 0 radical (unpaired) electrons. The van der Waals surface area contributed by atoms with Crippen LogP contribution in [0.15, 0.2) is 0 Å². The van der Waals surface area contributed by atoms with Crippen molar-refractivity contribution in [1.29, 1.82) is 0 Å². The zero-order valence-corrected chi connectivity index (χ0v) is 10.9. The summed E-state index contributed by atoms with van der Waals surface area (Å²) in [7, 11) is 0. The number of nitrogens with two attached hydrogens (primary N) is 1. The SMILES string of the molecule is C[C@@H]1CCCN1C(=O)C12CCC(N)(CC1)CC2. The quantitative estimate of drug-likeness (QED) is 0.757. The molecule has 4 rings (SSSR count). The van der Waals surface area contributed by atoms with E-state index in [1.807, 2.05) is 0 Å². The second kappa shape index (κ2) is 3.71. The molecule has 3 aliphatic carbocycles. The van der Waals surface area contributed by atoms with E-state index in [-0.39, 0.29) is 11.0 Å². The molecule has 3 heteroatoms. The van der Waals surface area contributed by atoms with Crippen LogP contribution < -0.4 is 5.73 Å². The standard InChI is InChI=1S/C14H24N2O/c1-11-3-2-10-16(11)12(17)13-4-7-14(15,8-5-13)9-6-13/h11H,2-10,15H2,1H3/t11-,13?,14?/m1/s1. The van der Waals surface area contributed by atoms with Gasteiger partial charge in [-0.05, 0) is 58.3 Å². The van der Waals surface area contributed by atoms with Gasteiger partial charge in [0.05, 0.1) is 0 Å². The Kier molecular flexibility index (Phi) is 2.51. The first-order chi connectivity index (χ1) is 8.05. The number of carbonyl (C=O) groups excluding carboxylic acids is 1. The summed E-state index contributed by atoms with van der Waals surface area (Å²) in [6, 6.07) is 0.461. The van der Waals surface area contributed by atoms with Crippen LogP contribution in [0.5, 0.6) is 0 Å². The number of likely N-dealkylation sites (tertiary alicyclic amines) is 1. The van der Waals surface area contributed by atoms with Gasteiger partial charge in [0.15, 0.2) is 0 Å². The molecule has 17 heavy (non-hydrogen) atoms. The minimum Gasteiger partial charge on any atom is -0.340 e. The highest BCUT2D eigenvalue weighted by Gasteiger charge is 2.52. The minimum absolute atomic E-state index is 0.0281. The average molecular weight is 236 g/mol. The van der Waals surface area contributed by atoms with Crippen molar-refractivity contribution >= 4 is 5.91 Å². The maximum atomic E-state index is 12.8. The predicted octanol–water partition coefficient (Wildman–Crippen LogP) is 2.05. The van der Waals surface area contributed by atoms with Crippen LogP contribution in [0.1, 0.15) is 58.3 Å². The number of rotatable bonds is 1. The molecule has 1 saturated heterocycles. The van der Waals surface area contributed by atoms with E-state index in [9.17, 15) is 4.79 Å². The number of hydrogen-bond acceptors (Lipinski definition) is 2. The van der Waals surface area contributed by atoms with Crippen LogP contribution in [0.4, 0.5) is 0 Å². The smallest absolute Gasteiger partial charge is 0.229 e. The fourth-order valence-corrected chi connectivity index (χ4v) is 4.08. The van der Waals surface area contributed by atoms with Gasteiger partial charge in [0.2, 0.25) is 5.91 Å². The summed E-state index contributed by atoms with van der Waals surface area (Å²) < 4.78 is 0. The van der Waals surface area contributed by atoms with Crippen LogP contribution in [0.25, 0.3) is 0 Å². The summed E-state index contributed by atoms with van der Waals surface area (Å²) in [4.78, 5) is 14.9. The van der Waals surface area contributed by atoms with Crippen molar-refractivity contribution < 1.29 is 4.79 Å². The van der Waals surface area contributed by atoms with E-state index in [4.69, 9.17) is 5.73 Å². The van der Waals surface area contributed by atoms with Crippen molar-refractivity contribution in [1.82, 2.24) is 4.90 Å². The number of nitrogens with zero attached hydrogens (tertiary/aromatic N) is 1. The molecule has 4 aliphatic rings. The molecule has 96 valence electrons. The summed E-state index contributed by atoms with van der Waals surface area (Å²) in [5.41, 5.74) is 6.35. The number of amides is 1. The van der Waals surface area contributed by atoms with Gasteiger partial charge in [-0.2, -0.15) is 0 Å². The molecule has 1 atom stereocenters. The highest BCUT2D eigenvalue weighted by molar-refractivity contribution is 5.83. The van der Waals surface area contributed by atoms with E-state index in [0.29, 0.717) is 11.9 Å². The summed E-state index contributed by atoms with van der Waals surface area (Å²) in [6.07, 6.45) is 8.64. The van der Waals surface area contributed by atoms with Crippen molar-refractivity contribution in [3.8, 4) is 0 Å². The van der Waals surface area contributed by atoms with Crippen molar-refractivity contribution in [3.05, 3.63) is 0 Å². The monoisotopic (exact) mass is 236 g/mol. The third-order valence-electron chi connectivity index (χ3n) is 5.57. The van der Waals surface area contributed by atoms with Crippen LogP contribution in [-0.2, 0) is 4.79 Å². The lowest BCUT2D eigenvalue weighted by Gasteiger charge is -2.52. The second-order valence-corrected chi connectivity index (χ2v) is 6.63. The highest BCUT2D eigenvalue weighted by Crippen LogP contribution is 2.52. The Morgan fingerprint density at radius 1 is 1.18 bits per heavy atom. The zero-order chi connectivity index (χ0) is 12.1. The third-order valence-corrected chi connectivity index (χ3v) is 5.57. The Labute approximate surface area is 104 Å². The molecule has 0 aromatic carbocycles. The molecule has 3 nitrogen and oxygen atoms in total. The number of fused-ring (bicyclic) bond motifs is 3. The molecule has 2 bridgehead atoms. The van der Waals surface area contributed by atoms with Gasteiger partial charge in [-0.15, -0.1) is 0 Å². The van der Waals surface area contributed by atoms with Crippen molar-refractivity contribution in [2.45, 2.75) is 69.9 Å². The third kappa shape index (κ3) is 1.70. The first kappa shape index (κ1) is 11.5. The molecule has 0 unspecified atom stereocenters. The topological polar surface area (TPSA) is 46.3 Å². The van der Waals surface area contributed by atoms with Gasteiger partial charge in [0.1, 0.15) is 0 Å². The van der Waals surface area contributed by atoms with E-state index in [1.54, 1.807) is 0 Å². The van der Waals surface area contributed by atoms with Crippen LogP contribution in [-0.4, -0.2) is 28.9 Å². The van der Waals surface area contributed by atoms with E-state index in [1.165, 1.54) is 12.8 Å². The molecule has 1 heterocycles. The molecule has 2 N–H and O–H groups in total. The first-order valence-electron chi connectivity index (χ1n) is 7.15. The van der Waals surface area contributed by atoms with E-state index < -0.39 is 0 Å². The average Bonchev–Trinajstić information content (AvgIpc) is 2.76. The normalized spacial score (nSPS) is 45.3. The molecule has 1 amide bonds. The number of hydrogen-bond donors (Lipinski definition) is 1. The lowest BCUT2D eigenvalue weighted by Crippen LogP contribution is -2.57. The van der Waals surface area contributed by atoms with Crippen molar-refractivity contribution in [3.63, 3.8) is 0 Å². The maximum Gasteiger partial charge on any atom is 0.229 e. The molecule has 4 fully saturated rings. The summed E-state index contributed by atoms with van der Waals surface area (Å²) in [6.45, 7) is 3.18. The predicted molar refractivity (Wildman–Crippen MR) is 67.5 cm³/mol. The Morgan fingerprint density at radius 2 is 1.76 bits per heavy atom. The molecule has 3 saturated carbocycles. The lowest BCUT2D eigenvalue weighted by atomic mass is 9.57. The van der Waals surface area contributed by atoms with Gasteiger partial charge >= 0.3 is 0 Å². The van der Waals surface area contributed by atoms with Gasteiger partial charge in [-0.25, -0.2) is 0 Å². The van der Waals surface area contributed by atoms with E-state index in [2.05, 4.69) is 11.8 Å². The second-order valence-electron chi connectivity index (χ2n) is 6.63. The van der Waals surface area contributed by atoms with Gasteiger partial charge in [0, 0.05) is 23.5 Å². The summed E-state index contributed by atoms with van der Waals surface area (Å²) in [5.74, 6) is 0.448. The van der Waals surface area contributed by atoms with E-state index >= 15 is 0 Å². The highest BCUT2D eigenvalue weighted by atomic mass is 16.2. The maximum absolute atomic E-state index is 12.8. The zero-order valence-electron chi connectivity index (χ0n) is 10.9. The van der Waals surface area contributed by atoms with Gasteiger partial charge in [0.25, 0.3) is 0 Å². The summed E-state index contributed by atoms with van der Waals surface area (Å²) in [5, 5.41) is 0. The largest absolute Gasteiger partial charge is 0.340 e. The molecule has 1 aliphatic heterocycles. The van der Waals surface area contributed by atoms with Gasteiger partial charge in [-0.3, -0.25) is 4.79 Å². The Morgan fingerprint density at radius 3 is 2.24 bits per heavy atom. The lowest BCUT2D eigenvalue weighted by molar-refractivity contribution is -0.149. The Bertz CT molecular complexity index is 315. The first-order valence-corrected chi connectivity index (χ1v) is 7.15. The van der Waals surface area contributed by atoms with Crippen molar-refractivity contribution in [2.75, 3.05) is 6.54 Å². The van der Waals surface area contributed by atoms with Gasteiger partial charge < -0.3 is 10.6 Å². The van der Waals surface area contributed by atoms with Crippen LogP contribution in [0, 0.1) is 5.41 Å². The van der Waals surface area contributed by atoms with Gasteiger partial charge in [-0.1, -0.05) is 0 Å². The van der Waals surface area contributed by atoms with Crippen LogP contribution in [0.3, 0.4) is 0 Å². The minimum atomic E-state index is -0.0281. The Hall–Kier alpha value is -0.570. The van der Waals surface area contributed by atoms with Crippen molar-refractivity contribution in [2.24, 2.45) is 11.1 Å². The van der Waals surface area contributed by atoms with Crippen LogP contribution in [0.2, 0.25) is 0 Å². The molecule has 0 aromatic rings. The Balaban J connectivity index is 1.78. The molecular formula is C14H24N2O. The molecule has 0 aromatic heterocycles. The summed E-state index contributed by atoms with van der Waals surface area (Å²) >= 11 is 0. The molecule has 0 spiro atoms.